The van der Waals surface area contributed by atoms with Gasteiger partial charge in [-0.1, -0.05) is 20.8 Å². The summed E-state index contributed by atoms with van der Waals surface area (Å²) in [7, 11) is -1.25. The molecule has 0 aromatic rings. The van der Waals surface area contributed by atoms with Crippen molar-refractivity contribution in [3.63, 3.8) is 0 Å². The van der Waals surface area contributed by atoms with Gasteiger partial charge >= 0.3 is 0 Å². The zero-order valence-electron chi connectivity index (χ0n) is 15.5. The third kappa shape index (κ3) is 8.30. The predicted molar refractivity (Wildman–Crippen MR) is 99.3 cm³/mol. The Hall–Kier alpha value is -0.860. The Balaban J connectivity index is 2.47. The largest absolute Gasteiger partial charge is 0.379 e. The summed E-state index contributed by atoms with van der Waals surface area (Å²) in [6.07, 6.45) is 1.11. The molecule has 0 aromatic carbocycles. The highest BCUT2D eigenvalue weighted by molar-refractivity contribution is 7.91. The number of ether oxygens (including phenoxy) is 1. The molecule has 1 heterocycles. The van der Waals surface area contributed by atoms with Crippen LogP contribution in [0.2, 0.25) is 0 Å². The normalized spacial score (nSPS) is 18.6. The minimum Gasteiger partial charge on any atom is -0.379 e. The molecule has 142 valence electrons. The van der Waals surface area contributed by atoms with Gasteiger partial charge < -0.3 is 15.4 Å². The van der Waals surface area contributed by atoms with Gasteiger partial charge in [0, 0.05) is 45.0 Å². The molecule has 1 aliphatic heterocycles. The van der Waals surface area contributed by atoms with Crippen LogP contribution in [-0.4, -0.2) is 83.3 Å². The summed E-state index contributed by atoms with van der Waals surface area (Å²) in [6, 6.07) is 0.423. The molecule has 1 aliphatic rings. The van der Waals surface area contributed by atoms with E-state index in [0.29, 0.717) is 24.5 Å². The molecule has 0 bridgehead atoms. The molecular formula is C16H34N4O3S. The maximum atomic E-state index is 11.5. The van der Waals surface area contributed by atoms with E-state index in [9.17, 15) is 8.42 Å². The van der Waals surface area contributed by atoms with Crippen LogP contribution in [0.25, 0.3) is 0 Å². The lowest BCUT2D eigenvalue weighted by atomic mass is 10.0. The lowest BCUT2D eigenvalue weighted by Crippen LogP contribution is -2.51. The molecule has 1 unspecified atom stereocenters. The number of aliphatic imine (C=N–C) groups is 1. The van der Waals surface area contributed by atoms with Crippen LogP contribution in [0.5, 0.6) is 0 Å². The molecule has 24 heavy (non-hydrogen) atoms. The van der Waals surface area contributed by atoms with Crippen molar-refractivity contribution in [2.45, 2.75) is 33.2 Å². The first kappa shape index (κ1) is 21.2. The molecule has 8 heteroatoms. The van der Waals surface area contributed by atoms with Gasteiger partial charge in [0.2, 0.25) is 0 Å². The van der Waals surface area contributed by atoms with Crippen LogP contribution in [0.4, 0.5) is 0 Å². The SMILES string of the molecule is CCS(=O)(=O)CCNC(=NC)NCC(CC(C)C)N1CCOCC1. The first-order valence-corrected chi connectivity index (χ1v) is 10.7. The monoisotopic (exact) mass is 362 g/mol. The lowest BCUT2D eigenvalue weighted by Gasteiger charge is -2.35. The fourth-order valence-corrected chi connectivity index (χ4v) is 3.45. The van der Waals surface area contributed by atoms with E-state index in [0.717, 1.165) is 39.3 Å². The number of guanidine groups is 1. The number of rotatable bonds is 9. The summed E-state index contributed by atoms with van der Waals surface area (Å²) < 4.78 is 28.5. The fraction of sp³-hybridized carbons (Fsp3) is 0.938. The highest BCUT2D eigenvalue weighted by atomic mass is 32.2. The van der Waals surface area contributed by atoms with E-state index < -0.39 is 9.84 Å². The van der Waals surface area contributed by atoms with Crippen LogP contribution in [0.15, 0.2) is 4.99 Å². The molecule has 1 atom stereocenters. The summed E-state index contributed by atoms with van der Waals surface area (Å²) >= 11 is 0. The van der Waals surface area contributed by atoms with Gasteiger partial charge in [-0.05, 0) is 12.3 Å². The van der Waals surface area contributed by atoms with E-state index in [1.54, 1.807) is 14.0 Å². The van der Waals surface area contributed by atoms with E-state index in [1.807, 2.05) is 0 Å². The number of hydrogen-bond acceptors (Lipinski definition) is 5. The van der Waals surface area contributed by atoms with Crippen molar-refractivity contribution in [2.24, 2.45) is 10.9 Å². The summed E-state index contributed by atoms with van der Waals surface area (Å²) in [5.41, 5.74) is 0. The van der Waals surface area contributed by atoms with Gasteiger partial charge in [-0.25, -0.2) is 8.42 Å². The van der Waals surface area contributed by atoms with Crippen molar-refractivity contribution in [3.05, 3.63) is 0 Å². The van der Waals surface area contributed by atoms with Gasteiger partial charge in [-0.3, -0.25) is 9.89 Å². The molecule has 2 N–H and O–H groups in total. The summed E-state index contributed by atoms with van der Waals surface area (Å²) in [6.45, 7) is 10.8. The molecule has 0 saturated carbocycles. The highest BCUT2D eigenvalue weighted by Crippen LogP contribution is 2.12. The number of morpholine rings is 1. The van der Waals surface area contributed by atoms with Crippen molar-refractivity contribution < 1.29 is 13.2 Å². The van der Waals surface area contributed by atoms with Crippen molar-refractivity contribution in [3.8, 4) is 0 Å². The van der Waals surface area contributed by atoms with Gasteiger partial charge in [0.1, 0.15) is 0 Å². The first-order valence-electron chi connectivity index (χ1n) is 8.84. The first-order chi connectivity index (χ1) is 11.4. The van der Waals surface area contributed by atoms with E-state index in [1.165, 1.54) is 0 Å². The van der Waals surface area contributed by atoms with Crippen molar-refractivity contribution >= 4 is 15.8 Å². The molecule has 0 radical (unpaired) electrons. The smallest absolute Gasteiger partial charge is 0.191 e. The average molecular weight is 363 g/mol. The summed E-state index contributed by atoms with van der Waals surface area (Å²) in [4.78, 5) is 6.65. The maximum Gasteiger partial charge on any atom is 0.191 e. The fourth-order valence-electron chi connectivity index (χ4n) is 2.75. The number of hydrogen-bond donors (Lipinski definition) is 2. The zero-order valence-corrected chi connectivity index (χ0v) is 16.4. The van der Waals surface area contributed by atoms with Crippen LogP contribution in [0.3, 0.4) is 0 Å². The Bertz CT molecular complexity index is 474. The Morgan fingerprint density at radius 1 is 1.25 bits per heavy atom. The van der Waals surface area contributed by atoms with Crippen molar-refractivity contribution in [1.29, 1.82) is 0 Å². The Labute approximate surface area is 147 Å². The van der Waals surface area contributed by atoms with Crippen LogP contribution in [-0.2, 0) is 14.6 Å². The van der Waals surface area contributed by atoms with Gasteiger partial charge in [0.25, 0.3) is 0 Å². The predicted octanol–water partition coefficient (Wildman–Crippen LogP) is 0.333. The topological polar surface area (TPSA) is 83.0 Å². The van der Waals surface area contributed by atoms with Crippen LogP contribution >= 0.6 is 0 Å². The van der Waals surface area contributed by atoms with Gasteiger partial charge in [0.05, 0.1) is 19.0 Å². The Morgan fingerprint density at radius 2 is 1.92 bits per heavy atom. The number of sulfone groups is 1. The molecule has 1 saturated heterocycles. The van der Waals surface area contributed by atoms with Crippen LogP contribution in [0, 0.1) is 5.92 Å². The molecule has 1 fully saturated rings. The van der Waals surface area contributed by atoms with Crippen molar-refractivity contribution in [2.75, 3.05) is 57.9 Å². The third-order valence-electron chi connectivity index (χ3n) is 4.18. The maximum absolute atomic E-state index is 11.5. The second-order valence-electron chi connectivity index (χ2n) is 6.55. The van der Waals surface area contributed by atoms with Gasteiger partial charge in [-0.2, -0.15) is 0 Å². The summed E-state index contributed by atoms with van der Waals surface area (Å²) in [5, 5.41) is 6.43. The molecule has 0 spiro atoms. The third-order valence-corrected chi connectivity index (χ3v) is 5.89. The van der Waals surface area contributed by atoms with E-state index >= 15 is 0 Å². The molecule has 7 nitrogen and oxygen atoms in total. The minimum absolute atomic E-state index is 0.128. The number of nitrogens with one attached hydrogen (secondary N) is 2. The Kier molecular flexibility index (Phi) is 9.61. The van der Waals surface area contributed by atoms with E-state index in [2.05, 4.69) is 34.4 Å². The van der Waals surface area contributed by atoms with E-state index in [4.69, 9.17) is 4.74 Å². The molecular weight excluding hydrogens is 328 g/mol. The van der Waals surface area contributed by atoms with Gasteiger partial charge in [-0.15, -0.1) is 0 Å². The van der Waals surface area contributed by atoms with Gasteiger partial charge in [0.15, 0.2) is 15.8 Å². The molecule has 1 rings (SSSR count). The van der Waals surface area contributed by atoms with Crippen molar-refractivity contribution in [1.82, 2.24) is 15.5 Å². The molecule has 0 aliphatic carbocycles. The minimum atomic E-state index is -2.96. The van der Waals surface area contributed by atoms with Crippen LogP contribution in [0.1, 0.15) is 27.2 Å². The second kappa shape index (κ2) is 10.9. The lowest BCUT2D eigenvalue weighted by molar-refractivity contribution is 0.0132. The van der Waals surface area contributed by atoms with E-state index in [-0.39, 0.29) is 11.5 Å². The molecule has 0 aromatic heterocycles. The van der Waals surface area contributed by atoms with Crippen LogP contribution < -0.4 is 10.6 Å². The Morgan fingerprint density at radius 3 is 2.46 bits per heavy atom. The molecule has 0 amide bonds. The standard InChI is InChI=1S/C16H34N4O3S/c1-5-24(21,22)11-6-18-16(17-4)19-13-15(12-14(2)3)20-7-9-23-10-8-20/h14-15H,5-13H2,1-4H3,(H2,17,18,19). The zero-order chi connectivity index (χ0) is 18.0. The average Bonchev–Trinajstić information content (AvgIpc) is 2.57. The second-order valence-corrected chi connectivity index (χ2v) is 9.02. The number of nitrogens with zero attached hydrogens (tertiary/aromatic N) is 2. The summed E-state index contributed by atoms with van der Waals surface area (Å²) in [5.74, 6) is 1.57. The quantitative estimate of drug-likeness (QED) is 0.454. The highest BCUT2D eigenvalue weighted by Gasteiger charge is 2.22.